The number of hydrogen-bond acceptors (Lipinski definition) is 4. The van der Waals surface area contributed by atoms with Crippen LogP contribution in [-0.2, 0) is 5.75 Å². The number of hydrogen-bond donors (Lipinski definition) is 1. The number of nitrogen functional groups attached to an aromatic ring is 1. The van der Waals surface area contributed by atoms with Gasteiger partial charge in [0.15, 0.2) is 0 Å². The van der Waals surface area contributed by atoms with E-state index in [1.54, 1.807) is 23.1 Å². The molecular formula is C13H15ClN2S2. The normalized spacial score (nSPS) is 11.1. The van der Waals surface area contributed by atoms with Crippen molar-refractivity contribution in [2.45, 2.75) is 30.4 Å². The molecule has 0 radical (unpaired) electrons. The number of nitrogens with two attached hydrogens (primary N) is 1. The van der Waals surface area contributed by atoms with Gasteiger partial charge in [0.2, 0.25) is 0 Å². The van der Waals surface area contributed by atoms with E-state index in [2.05, 4.69) is 24.2 Å². The Bertz CT molecular complexity index is 517. The van der Waals surface area contributed by atoms with E-state index in [9.17, 15) is 0 Å². The van der Waals surface area contributed by atoms with Crippen molar-refractivity contribution in [3.63, 3.8) is 0 Å². The van der Waals surface area contributed by atoms with Gasteiger partial charge in [-0.15, -0.1) is 23.1 Å². The van der Waals surface area contributed by atoms with Gasteiger partial charge in [-0.25, -0.2) is 4.98 Å². The Morgan fingerprint density at radius 2 is 2.22 bits per heavy atom. The molecule has 2 rings (SSSR count). The first-order chi connectivity index (χ1) is 8.58. The number of rotatable bonds is 4. The summed E-state index contributed by atoms with van der Waals surface area (Å²) in [5.74, 6) is 1.29. The first-order valence-corrected chi connectivity index (χ1v) is 7.93. The highest BCUT2D eigenvalue weighted by Gasteiger charge is 2.09. The molecule has 0 aliphatic rings. The van der Waals surface area contributed by atoms with Crippen molar-refractivity contribution >= 4 is 40.4 Å². The zero-order valence-corrected chi connectivity index (χ0v) is 12.7. The molecule has 0 aliphatic heterocycles. The highest BCUT2D eigenvalue weighted by molar-refractivity contribution is 7.98. The minimum atomic E-state index is 0.485. The lowest BCUT2D eigenvalue weighted by atomic mass is 10.2. The number of halogens is 1. The first-order valence-electron chi connectivity index (χ1n) is 5.69. The van der Waals surface area contributed by atoms with Gasteiger partial charge in [0.25, 0.3) is 0 Å². The van der Waals surface area contributed by atoms with Crippen LogP contribution in [-0.4, -0.2) is 4.98 Å². The quantitative estimate of drug-likeness (QED) is 0.651. The molecule has 0 atom stereocenters. The van der Waals surface area contributed by atoms with Gasteiger partial charge in [0, 0.05) is 27.6 Å². The zero-order chi connectivity index (χ0) is 13.1. The summed E-state index contributed by atoms with van der Waals surface area (Å²) in [4.78, 5) is 5.54. The lowest BCUT2D eigenvalue weighted by Gasteiger charge is -2.06. The summed E-state index contributed by atoms with van der Waals surface area (Å²) >= 11 is 9.48. The summed E-state index contributed by atoms with van der Waals surface area (Å²) in [6.45, 7) is 4.31. The molecule has 0 amide bonds. The standard InChI is InChI=1S/C13H15ClN2S2/c1-8(2)13-16-9(7-18-13)6-17-12-10(14)4-3-5-11(12)15/h3-5,7-8H,6,15H2,1-2H3. The van der Waals surface area contributed by atoms with Crippen molar-refractivity contribution in [1.29, 1.82) is 0 Å². The van der Waals surface area contributed by atoms with Gasteiger partial charge in [-0.3, -0.25) is 0 Å². The summed E-state index contributed by atoms with van der Waals surface area (Å²) in [5, 5.41) is 3.99. The van der Waals surface area contributed by atoms with E-state index in [1.807, 2.05) is 18.2 Å². The fourth-order valence-corrected chi connectivity index (χ4v) is 3.64. The summed E-state index contributed by atoms with van der Waals surface area (Å²) in [6.07, 6.45) is 0. The molecule has 96 valence electrons. The Labute approximate surface area is 121 Å². The van der Waals surface area contributed by atoms with Crippen LogP contribution < -0.4 is 5.73 Å². The second kappa shape index (κ2) is 5.95. The molecule has 2 nitrogen and oxygen atoms in total. The molecule has 0 saturated heterocycles. The molecule has 1 aromatic heterocycles. The third-order valence-corrected chi connectivity index (χ3v) is 5.23. The predicted molar refractivity (Wildman–Crippen MR) is 81.6 cm³/mol. The third-order valence-electron chi connectivity index (χ3n) is 2.43. The van der Waals surface area contributed by atoms with Crippen molar-refractivity contribution in [3.05, 3.63) is 39.3 Å². The number of benzene rings is 1. The van der Waals surface area contributed by atoms with Gasteiger partial charge < -0.3 is 5.73 Å². The van der Waals surface area contributed by atoms with Crippen LogP contribution in [0.2, 0.25) is 5.02 Å². The Morgan fingerprint density at radius 3 is 2.83 bits per heavy atom. The molecule has 2 N–H and O–H groups in total. The van der Waals surface area contributed by atoms with Crippen LogP contribution in [0.25, 0.3) is 0 Å². The van der Waals surface area contributed by atoms with Crippen LogP contribution in [0.15, 0.2) is 28.5 Å². The number of thioether (sulfide) groups is 1. The van der Waals surface area contributed by atoms with E-state index in [-0.39, 0.29) is 0 Å². The summed E-state index contributed by atoms with van der Waals surface area (Å²) in [5.41, 5.74) is 7.74. The molecule has 18 heavy (non-hydrogen) atoms. The van der Waals surface area contributed by atoms with Gasteiger partial charge in [-0.05, 0) is 12.1 Å². The van der Waals surface area contributed by atoms with Crippen molar-refractivity contribution in [1.82, 2.24) is 4.98 Å². The highest BCUT2D eigenvalue weighted by Crippen LogP contribution is 2.34. The minimum Gasteiger partial charge on any atom is -0.398 e. The molecule has 0 spiro atoms. The maximum atomic E-state index is 6.13. The number of thiazole rings is 1. The minimum absolute atomic E-state index is 0.485. The van der Waals surface area contributed by atoms with Gasteiger partial charge >= 0.3 is 0 Å². The van der Waals surface area contributed by atoms with Crippen LogP contribution in [0.1, 0.15) is 30.5 Å². The largest absolute Gasteiger partial charge is 0.398 e. The molecular weight excluding hydrogens is 284 g/mol. The molecule has 5 heteroatoms. The van der Waals surface area contributed by atoms with E-state index in [4.69, 9.17) is 17.3 Å². The third kappa shape index (κ3) is 3.19. The summed E-state index contributed by atoms with van der Waals surface area (Å²) < 4.78 is 0. The molecule has 0 aliphatic carbocycles. The monoisotopic (exact) mass is 298 g/mol. The van der Waals surface area contributed by atoms with E-state index in [1.165, 1.54) is 5.01 Å². The lowest BCUT2D eigenvalue weighted by Crippen LogP contribution is -1.91. The van der Waals surface area contributed by atoms with Crippen LogP contribution >= 0.6 is 34.7 Å². The van der Waals surface area contributed by atoms with Crippen molar-refractivity contribution in [2.75, 3.05) is 5.73 Å². The van der Waals surface area contributed by atoms with E-state index in [0.717, 1.165) is 22.0 Å². The number of anilines is 1. The van der Waals surface area contributed by atoms with Crippen LogP contribution in [0.5, 0.6) is 0 Å². The average molecular weight is 299 g/mol. The molecule has 1 aromatic carbocycles. The van der Waals surface area contributed by atoms with Gasteiger partial charge in [-0.2, -0.15) is 0 Å². The number of aromatic nitrogens is 1. The Balaban J connectivity index is 2.07. The smallest absolute Gasteiger partial charge is 0.0954 e. The van der Waals surface area contributed by atoms with Crippen molar-refractivity contribution in [2.24, 2.45) is 0 Å². The van der Waals surface area contributed by atoms with Crippen molar-refractivity contribution in [3.8, 4) is 0 Å². The molecule has 0 bridgehead atoms. The van der Waals surface area contributed by atoms with Crippen LogP contribution in [0.4, 0.5) is 5.69 Å². The van der Waals surface area contributed by atoms with E-state index < -0.39 is 0 Å². The second-order valence-corrected chi connectivity index (χ2v) is 6.56. The second-order valence-electron chi connectivity index (χ2n) is 4.28. The molecule has 1 heterocycles. The number of nitrogens with zero attached hydrogens (tertiary/aromatic N) is 1. The van der Waals surface area contributed by atoms with E-state index >= 15 is 0 Å². The van der Waals surface area contributed by atoms with Crippen LogP contribution in [0.3, 0.4) is 0 Å². The first kappa shape index (κ1) is 13.7. The molecule has 0 fully saturated rings. The fourth-order valence-electron chi connectivity index (χ4n) is 1.48. The van der Waals surface area contributed by atoms with Gasteiger partial charge in [-0.1, -0.05) is 31.5 Å². The Hall–Kier alpha value is -0.710. The molecule has 2 aromatic rings. The Kier molecular flexibility index (Phi) is 4.54. The van der Waals surface area contributed by atoms with E-state index in [0.29, 0.717) is 10.9 Å². The maximum absolute atomic E-state index is 6.13. The van der Waals surface area contributed by atoms with Crippen LogP contribution in [0, 0.1) is 0 Å². The maximum Gasteiger partial charge on any atom is 0.0954 e. The van der Waals surface area contributed by atoms with Gasteiger partial charge in [0.1, 0.15) is 0 Å². The predicted octanol–water partition coefficient (Wildman–Crippen LogP) is 4.79. The summed E-state index contributed by atoms with van der Waals surface area (Å²) in [6, 6.07) is 5.59. The lowest BCUT2D eigenvalue weighted by molar-refractivity contribution is 0.846. The average Bonchev–Trinajstić information content (AvgIpc) is 2.77. The SMILES string of the molecule is CC(C)c1nc(CSc2c(N)cccc2Cl)cs1. The summed E-state index contributed by atoms with van der Waals surface area (Å²) in [7, 11) is 0. The fraction of sp³-hybridized carbons (Fsp3) is 0.308. The topological polar surface area (TPSA) is 38.9 Å². The molecule has 0 unspecified atom stereocenters. The Morgan fingerprint density at radius 1 is 1.44 bits per heavy atom. The van der Waals surface area contributed by atoms with Crippen molar-refractivity contribution < 1.29 is 0 Å². The zero-order valence-electron chi connectivity index (χ0n) is 10.3. The molecule has 0 saturated carbocycles. The van der Waals surface area contributed by atoms with Gasteiger partial charge in [0.05, 0.1) is 15.7 Å². The highest BCUT2D eigenvalue weighted by atomic mass is 35.5.